The van der Waals surface area contributed by atoms with Crippen LogP contribution in [0.1, 0.15) is 11.3 Å². The Hall–Kier alpha value is -2.71. The van der Waals surface area contributed by atoms with Gasteiger partial charge < -0.3 is 19.3 Å². The number of nitrogens with zero attached hydrogens (tertiary/aromatic N) is 4. The lowest BCUT2D eigenvalue weighted by Crippen LogP contribution is -2.48. The van der Waals surface area contributed by atoms with Crippen molar-refractivity contribution in [3.63, 3.8) is 0 Å². The summed E-state index contributed by atoms with van der Waals surface area (Å²) >= 11 is 0. The van der Waals surface area contributed by atoms with Gasteiger partial charge in [-0.1, -0.05) is 0 Å². The third-order valence-corrected chi connectivity index (χ3v) is 4.63. The highest BCUT2D eigenvalue weighted by Crippen LogP contribution is 2.33. The first-order chi connectivity index (χ1) is 13.2. The van der Waals surface area contributed by atoms with Crippen LogP contribution in [0, 0.1) is 5.92 Å². The molecule has 9 heteroatoms. The van der Waals surface area contributed by atoms with E-state index < -0.39 is 11.9 Å². The van der Waals surface area contributed by atoms with Crippen molar-refractivity contribution in [3.05, 3.63) is 35.5 Å². The molecule has 2 aromatic rings. The number of ether oxygens (including phenoxy) is 2. The molecule has 1 aromatic carbocycles. The number of aromatic nitrogens is 2. The molecule has 2 heterocycles. The fourth-order valence-electron chi connectivity index (χ4n) is 3.12. The molecule has 152 valence electrons. The van der Waals surface area contributed by atoms with Crippen LogP contribution in [0.5, 0.6) is 11.5 Å². The third kappa shape index (κ3) is 4.40. The summed E-state index contributed by atoms with van der Waals surface area (Å²) in [5.74, 6) is 2.05. The molecule has 1 aliphatic rings. The van der Waals surface area contributed by atoms with E-state index in [1.807, 2.05) is 12.1 Å². The number of halogens is 3. The number of anilines is 2. The van der Waals surface area contributed by atoms with Crippen LogP contribution in [-0.2, 0) is 12.6 Å². The zero-order chi connectivity index (χ0) is 20.5. The lowest BCUT2D eigenvalue weighted by Gasteiger charge is -2.40. The lowest BCUT2D eigenvalue weighted by atomic mass is 9.92. The van der Waals surface area contributed by atoms with Crippen molar-refractivity contribution in [2.45, 2.75) is 12.6 Å². The molecule has 0 bridgehead atoms. The van der Waals surface area contributed by atoms with Gasteiger partial charge in [-0.15, -0.1) is 0 Å². The Morgan fingerprint density at radius 3 is 2.14 bits per heavy atom. The number of rotatable bonds is 6. The Bertz CT molecular complexity index is 814. The molecule has 3 rings (SSSR count). The molecule has 0 amide bonds. The van der Waals surface area contributed by atoms with Crippen molar-refractivity contribution in [2.75, 3.05) is 51.2 Å². The molecule has 0 saturated carbocycles. The number of hydrogen-bond donors (Lipinski definition) is 0. The summed E-state index contributed by atoms with van der Waals surface area (Å²) in [6.07, 6.45) is -3.74. The molecule has 0 aliphatic carbocycles. The first-order valence-corrected chi connectivity index (χ1v) is 8.80. The zero-order valence-corrected chi connectivity index (χ0v) is 16.2. The minimum Gasteiger partial charge on any atom is -0.497 e. The van der Waals surface area contributed by atoms with Gasteiger partial charge in [0.2, 0.25) is 5.95 Å². The smallest absolute Gasteiger partial charge is 0.433 e. The van der Waals surface area contributed by atoms with E-state index in [1.54, 1.807) is 44.2 Å². The molecule has 1 saturated heterocycles. The van der Waals surface area contributed by atoms with Crippen molar-refractivity contribution in [2.24, 2.45) is 5.92 Å². The molecular formula is C19H23F3N4O2. The molecule has 0 atom stereocenters. The molecule has 6 nitrogen and oxygen atoms in total. The second kappa shape index (κ2) is 7.73. The van der Waals surface area contributed by atoms with Gasteiger partial charge in [0.05, 0.1) is 14.2 Å². The standard InChI is InChI=1S/C19H23F3N4O2/c1-25(2)17-9-16(19(20,21)22)23-18(24-17)26-10-13(11-26)5-12-6-14(27-3)8-15(7-12)28-4/h6-9,13H,5,10-11H2,1-4H3. The number of benzene rings is 1. The second-order valence-electron chi connectivity index (χ2n) is 7.00. The molecule has 0 N–H and O–H groups in total. The van der Waals surface area contributed by atoms with Gasteiger partial charge in [-0.3, -0.25) is 0 Å². The topological polar surface area (TPSA) is 50.7 Å². The molecule has 0 unspecified atom stereocenters. The van der Waals surface area contributed by atoms with Crippen LogP contribution in [0.2, 0.25) is 0 Å². The van der Waals surface area contributed by atoms with E-state index in [1.165, 1.54) is 0 Å². The number of hydrogen-bond acceptors (Lipinski definition) is 6. The van der Waals surface area contributed by atoms with Gasteiger partial charge >= 0.3 is 6.18 Å². The van der Waals surface area contributed by atoms with E-state index in [2.05, 4.69) is 9.97 Å². The van der Waals surface area contributed by atoms with E-state index in [0.717, 1.165) is 18.1 Å². The first-order valence-electron chi connectivity index (χ1n) is 8.80. The summed E-state index contributed by atoms with van der Waals surface area (Å²) in [5.41, 5.74) is 0.127. The molecule has 0 radical (unpaired) electrons. The number of alkyl halides is 3. The van der Waals surface area contributed by atoms with Gasteiger partial charge in [0.15, 0.2) is 5.69 Å². The largest absolute Gasteiger partial charge is 0.497 e. The van der Waals surface area contributed by atoms with Gasteiger partial charge in [0.1, 0.15) is 17.3 Å². The van der Waals surface area contributed by atoms with E-state index in [0.29, 0.717) is 24.6 Å². The van der Waals surface area contributed by atoms with Crippen LogP contribution in [0.4, 0.5) is 24.9 Å². The Labute approximate surface area is 161 Å². The maximum atomic E-state index is 13.2. The van der Waals surface area contributed by atoms with Crippen LogP contribution in [0.25, 0.3) is 0 Å². The summed E-state index contributed by atoms with van der Waals surface area (Å²) in [5, 5.41) is 0. The monoisotopic (exact) mass is 396 g/mol. The van der Waals surface area contributed by atoms with E-state index in [-0.39, 0.29) is 17.7 Å². The Balaban J connectivity index is 1.72. The predicted molar refractivity (Wildman–Crippen MR) is 100 cm³/mol. The Kier molecular flexibility index (Phi) is 5.53. The summed E-state index contributed by atoms with van der Waals surface area (Å²) in [6.45, 7) is 1.18. The summed E-state index contributed by atoms with van der Waals surface area (Å²) in [4.78, 5) is 11.3. The summed E-state index contributed by atoms with van der Waals surface area (Å²) < 4.78 is 50.0. The van der Waals surface area contributed by atoms with Gasteiger partial charge in [0, 0.05) is 39.3 Å². The first kappa shape index (κ1) is 20.0. The highest BCUT2D eigenvalue weighted by Gasteiger charge is 2.36. The van der Waals surface area contributed by atoms with Gasteiger partial charge in [-0.25, -0.2) is 4.98 Å². The quantitative estimate of drug-likeness (QED) is 0.747. The van der Waals surface area contributed by atoms with Crippen molar-refractivity contribution in [1.29, 1.82) is 0 Å². The second-order valence-corrected chi connectivity index (χ2v) is 7.00. The Morgan fingerprint density at radius 2 is 1.64 bits per heavy atom. The average molecular weight is 396 g/mol. The van der Waals surface area contributed by atoms with E-state index >= 15 is 0 Å². The highest BCUT2D eigenvalue weighted by molar-refractivity contribution is 5.47. The maximum absolute atomic E-state index is 13.2. The summed E-state index contributed by atoms with van der Waals surface area (Å²) in [6, 6.07) is 6.64. The van der Waals surface area contributed by atoms with Gasteiger partial charge in [0.25, 0.3) is 0 Å². The molecule has 1 fully saturated rings. The predicted octanol–water partition coefficient (Wildman–Crippen LogP) is 3.26. The molecule has 0 spiro atoms. The van der Waals surface area contributed by atoms with E-state index in [4.69, 9.17) is 9.47 Å². The zero-order valence-electron chi connectivity index (χ0n) is 16.2. The SMILES string of the molecule is COc1cc(CC2CN(c3nc(N(C)C)cc(C(F)(F)F)n3)C2)cc(OC)c1. The minimum atomic E-state index is -4.51. The molecule has 1 aliphatic heterocycles. The van der Waals surface area contributed by atoms with Crippen molar-refractivity contribution >= 4 is 11.8 Å². The van der Waals surface area contributed by atoms with E-state index in [9.17, 15) is 13.2 Å². The average Bonchev–Trinajstić information content (AvgIpc) is 2.62. The Morgan fingerprint density at radius 1 is 1.04 bits per heavy atom. The van der Waals surface area contributed by atoms with Crippen LogP contribution in [0.3, 0.4) is 0 Å². The highest BCUT2D eigenvalue weighted by atomic mass is 19.4. The van der Waals surface area contributed by atoms with Crippen molar-refractivity contribution in [3.8, 4) is 11.5 Å². The van der Waals surface area contributed by atoms with Crippen LogP contribution < -0.4 is 19.3 Å². The van der Waals surface area contributed by atoms with Crippen LogP contribution in [-0.4, -0.2) is 51.4 Å². The number of methoxy groups -OCH3 is 2. The summed E-state index contributed by atoms with van der Waals surface area (Å²) in [7, 11) is 6.50. The van der Waals surface area contributed by atoms with Crippen LogP contribution in [0.15, 0.2) is 24.3 Å². The van der Waals surface area contributed by atoms with Crippen molar-refractivity contribution < 1.29 is 22.6 Å². The fourth-order valence-corrected chi connectivity index (χ4v) is 3.12. The normalized spacial score (nSPS) is 14.6. The van der Waals surface area contributed by atoms with Gasteiger partial charge in [-0.05, 0) is 30.0 Å². The molecule has 1 aromatic heterocycles. The maximum Gasteiger partial charge on any atom is 0.433 e. The third-order valence-electron chi connectivity index (χ3n) is 4.63. The van der Waals surface area contributed by atoms with Gasteiger partial charge in [-0.2, -0.15) is 18.2 Å². The molecule has 28 heavy (non-hydrogen) atoms. The molecular weight excluding hydrogens is 373 g/mol. The van der Waals surface area contributed by atoms with Crippen molar-refractivity contribution in [1.82, 2.24) is 9.97 Å². The fraction of sp³-hybridized carbons (Fsp3) is 0.474. The van der Waals surface area contributed by atoms with Crippen LogP contribution >= 0.6 is 0 Å². The minimum absolute atomic E-state index is 0.109. The lowest BCUT2D eigenvalue weighted by molar-refractivity contribution is -0.141.